The average molecular weight is 342 g/mol. The van der Waals surface area contributed by atoms with E-state index < -0.39 is 15.1 Å². The lowest BCUT2D eigenvalue weighted by atomic mass is 10.0. The van der Waals surface area contributed by atoms with Crippen LogP contribution in [0.2, 0.25) is 0 Å². The van der Waals surface area contributed by atoms with Crippen LogP contribution in [0, 0.1) is 13.8 Å². The third-order valence-corrected chi connectivity index (χ3v) is 6.25. The molecule has 1 aromatic heterocycles. The van der Waals surface area contributed by atoms with Crippen molar-refractivity contribution in [2.75, 3.05) is 19.3 Å². The first kappa shape index (κ1) is 17.8. The zero-order chi connectivity index (χ0) is 17.4. The van der Waals surface area contributed by atoms with E-state index >= 15 is 0 Å². The van der Waals surface area contributed by atoms with Gasteiger partial charge in [-0.25, -0.2) is 13.2 Å². The molecule has 2 heterocycles. The number of amides is 2. The van der Waals surface area contributed by atoms with E-state index in [1.807, 2.05) is 32.5 Å². The smallest absolute Gasteiger partial charge is 0.317 e. The number of hydrogen-bond donors (Lipinski definition) is 1. The van der Waals surface area contributed by atoms with Crippen LogP contribution in [0.4, 0.5) is 4.79 Å². The zero-order valence-corrected chi connectivity index (χ0v) is 15.3. The first-order chi connectivity index (χ1) is 10.6. The Kier molecular flexibility index (Phi) is 5.03. The molecule has 2 rings (SSSR count). The van der Waals surface area contributed by atoms with Crippen LogP contribution in [0.15, 0.2) is 0 Å². The molecule has 130 valence electrons. The maximum absolute atomic E-state index is 12.5. The van der Waals surface area contributed by atoms with Gasteiger partial charge in [-0.3, -0.25) is 4.68 Å². The summed E-state index contributed by atoms with van der Waals surface area (Å²) in [7, 11) is -1.21. The Morgan fingerprint density at radius 1 is 1.43 bits per heavy atom. The summed E-state index contributed by atoms with van der Waals surface area (Å²) in [5.74, 6) is 0. The van der Waals surface area contributed by atoms with Gasteiger partial charge in [0.1, 0.15) is 0 Å². The largest absolute Gasteiger partial charge is 0.331 e. The van der Waals surface area contributed by atoms with E-state index in [4.69, 9.17) is 0 Å². The molecule has 1 aliphatic heterocycles. The van der Waals surface area contributed by atoms with Crippen molar-refractivity contribution in [2.24, 2.45) is 7.05 Å². The van der Waals surface area contributed by atoms with Gasteiger partial charge in [0.05, 0.1) is 17.0 Å². The summed E-state index contributed by atoms with van der Waals surface area (Å²) in [6.45, 7) is 6.68. The maximum atomic E-state index is 12.5. The fourth-order valence-corrected chi connectivity index (χ4v) is 4.16. The van der Waals surface area contributed by atoms with Crippen molar-refractivity contribution < 1.29 is 13.2 Å². The van der Waals surface area contributed by atoms with E-state index in [0.717, 1.165) is 23.4 Å². The molecule has 1 N–H and O–H groups in total. The molecule has 1 saturated heterocycles. The molecule has 0 aromatic carbocycles. The highest BCUT2D eigenvalue weighted by molar-refractivity contribution is 7.91. The lowest BCUT2D eigenvalue weighted by Crippen LogP contribution is -2.41. The Balaban J connectivity index is 2.09. The van der Waals surface area contributed by atoms with Gasteiger partial charge in [-0.05, 0) is 26.7 Å². The molecule has 1 fully saturated rings. The second-order valence-corrected chi connectivity index (χ2v) is 8.63. The third kappa shape index (κ3) is 3.68. The van der Waals surface area contributed by atoms with E-state index in [1.165, 1.54) is 6.26 Å². The van der Waals surface area contributed by atoms with Gasteiger partial charge in [-0.1, -0.05) is 6.92 Å². The van der Waals surface area contributed by atoms with Gasteiger partial charge in [-0.15, -0.1) is 0 Å². The number of nitrogens with zero attached hydrogens (tertiary/aromatic N) is 3. The minimum atomic E-state index is -3.10. The van der Waals surface area contributed by atoms with Crippen molar-refractivity contribution in [1.29, 1.82) is 0 Å². The van der Waals surface area contributed by atoms with Crippen LogP contribution in [0.1, 0.15) is 42.8 Å². The van der Waals surface area contributed by atoms with Crippen LogP contribution >= 0.6 is 0 Å². The normalized spacial score (nSPS) is 19.9. The summed E-state index contributed by atoms with van der Waals surface area (Å²) < 4.78 is 25.1. The second-order valence-electron chi connectivity index (χ2n) is 6.30. The summed E-state index contributed by atoms with van der Waals surface area (Å²) in [6, 6.07) is -0.320. The van der Waals surface area contributed by atoms with Crippen LogP contribution in [0.25, 0.3) is 0 Å². The molecule has 7 nitrogen and oxygen atoms in total. The summed E-state index contributed by atoms with van der Waals surface area (Å²) in [5, 5.41) is 6.98. The van der Waals surface area contributed by atoms with Crippen molar-refractivity contribution in [3.63, 3.8) is 0 Å². The van der Waals surface area contributed by atoms with E-state index in [0.29, 0.717) is 13.0 Å². The lowest BCUT2D eigenvalue weighted by molar-refractivity contribution is 0.204. The number of rotatable bonds is 4. The summed E-state index contributed by atoms with van der Waals surface area (Å²) in [5.41, 5.74) is 2.99. The Labute approximate surface area is 138 Å². The fraction of sp³-hybridized carbons (Fsp3) is 0.733. The van der Waals surface area contributed by atoms with E-state index in [1.54, 1.807) is 4.90 Å². The maximum Gasteiger partial charge on any atom is 0.317 e. The van der Waals surface area contributed by atoms with Crippen molar-refractivity contribution in [1.82, 2.24) is 20.0 Å². The quantitative estimate of drug-likeness (QED) is 0.894. The standard InChI is InChI=1S/C15H26N4O3S/c1-6-13(14-10(2)17-18(4)11(14)3)16-15(20)19-8-7-12(9-19)23(5,21)22/h12-13H,6-9H2,1-5H3,(H,16,20)/t12-,13-/m1/s1. The predicted molar refractivity (Wildman–Crippen MR) is 89.1 cm³/mol. The summed E-state index contributed by atoms with van der Waals surface area (Å²) in [4.78, 5) is 14.1. The number of carbonyl (C=O) groups excluding carboxylic acids is 1. The molecule has 2 amide bonds. The highest BCUT2D eigenvalue weighted by Gasteiger charge is 2.33. The lowest BCUT2D eigenvalue weighted by Gasteiger charge is -2.23. The van der Waals surface area contributed by atoms with Crippen molar-refractivity contribution in [3.05, 3.63) is 17.0 Å². The van der Waals surface area contributed by atoms with Crippen LogP contribution < -0.4 is 5.32 Å². The number of nitrogens with one attached hydrogen (secondary N) is 1. The van der Waals surface area contributed by atoms with Gasteiger partial charge < -0.3 is 10.2 Å². The van der Waals surface area contributed by atoms with Crippen LogP contribution in [-0.2, 0) is 16.9 Å². The second kappa shape index (κ2) is 6.51. The third-order valence-electron chi connectivity index (χ3n) is 4.66. The SMILES string of the molecule is CC[C@@H](NC(=O)N1CC[C@@H](S(C)(=O)=O)C1)c1c(C)nn(C)c1C. The molecule has 0 radical (unpaired) electrons. The van der Waals surface area contributed by atoms with Gasteiger partial charge in [0, 0.05) is 37.7 Å². The Hall–Kier alpha value is -1.57. The number of urea groups is 1. The summed E-state index contributed by atoms with van der Waals surface area (Å²) in [6.07, 6.45) is 2.49. The minimum absolute atomic E-state index is 0.117. The number of sulfone groups is 1. The average Bonchev–Trinajstić information content (AvgIpc) is 3.03. The first-order valence-electron chi connectivity index (χ1n) is 7.89. The molecule has 1 aliphatic rings. The molecule has 0 unspecified atom stereocenters. The van der Waals surface area contributed by atoms with Gasteiger partial charge in [0.25, 0.3) is 0 Å². The molecule has 0 aliphatic carbocycles. The van der Waals surface area contributed by atoms with E-state index in [-0.39, 0.29) is 18.6 Å². The number of aromatic nitrogens is 2. The monoisotopic (exact) mass is 342 g/mol. The van der Waals surface area contributed by atoms with Crippen molar-refractivity contribution in [3.8, 4) is 0 Å². The van der Waals surface area contributed by atoms with Gasteiger partial charge in [0.15, 0.2) is 9.84 Å². The first-order valence-corrected chi connectivity index (χ1v) is 9.85. The molecular weight excluding hydrogens is 316 g/mol. The molecular formula is C15H26N4O3S. The molecule has 8 heteroatoms. The van der Waals surface area contributed by atoms with E-state index in [9.17, 15) is 13.2 Å². The van der Waals surface area contributed by atoms with Crippen LogP contribution in [0.5, 0.6) is 0 Å². The molecule has 23 heavy (non-hydrogen) atoms. The number of hydrogen-bond acceptors (Lipinski definition) is 4. The van der Waals surface area contributed by atoms with Crippen molar-refractivity contribution in [2.45, 2.75) is 44.9 Å². The van der Waals surface area contributed by atoms with Gasteiger partial charge in [0.2, 0.25) is 0 Å². The highest BCUT2D eigenvalue weighted by atomic mass is 32.2. The van der Waals surface area contributed by atoms with Crippen LogP contribution in [0.3, 0.4) is 0 Å². The zero-order valence-electron chi connectivity index (χ0n) is 14.5. The summed E-state index contributed by atoms with van der Waals surface area (Å²) >= 11 is 0. The topological polar surface area (TPSA) is 84.3 Å². The van der Waals surface area contributed by atoms with Crippen LogP contribution in [-0.4, -0.2) is 53.7 Å². The fourth-order valence-electron chi connectivity index (χ4n) is 3.18. The molecule has 2 atom stereocenters. The molecule has 0 saturated carbocycles. The van der Waals surface area contributed by atoms with Gasteiger partial charge >= 0.3 is 6.03 Å². The van der Waals surface area contributed by atoms with Gasteiger partial charge in [-0.2, -0.15) is 5.10 Å². The number of carbonyl (C=O) groups is 1. The predicted octanol–water partition coefficient (Wildman–Crippen LogP) is 1.32. The van der Waals surface area contributed by atoms with Crippen molar-refractivity contribution >= 4 is 15.9 Å². The Morgan fingerprint density at radius 2 is 2.09 bits per heavy atom. The number of aryl methyl sites for hydroxylation is 2. The van der Waals surface area contributed by atoms with E-state index in [2.05, 4.69) is 10.4 Å². The molecule has 1 aromatic rings. The Morgan fingerprint density at radius 3 is 2.52 bits per heavy atom. The Bertz CT molecular complexity index is 696. The number of likely N-dealkylation sites (tertiary alicyclic amines) is 1. The molecule has 0 spiro atoms. The molecule has 0 bridgehead atoms. The minimum Gasteiger partial charge on any atom is -0.331 e. The highest BCUT2D eigenvalue weighted by Crippen LogP contribution is 2.24.